The van der Waals surface area contributed by atoms with Gasteiger partial charge in [0.2, 0.25) is 0 Å². The third-order valence-electron chi connectivity index (χ3n) is 4.29. The van der Waals surface area contributed by atoms with Crippen molar-refractivity contribution in [2.75, 3.05) is 0 Å². The van der Waals surface area contributed by atoms with Crippen LogP contribution in [0.5, 0.6) is 0 Å². The fraction of sp³-hybridized carbons (Fsp3) is 0.105. The van der Waals surface area contributed by atoms with Gasteiger partial charge < -0.3 is 14.9 Å². The van der Waals surface area contributed by atoms with E-state index in [9.17, 15) is 9.18 Å². The second-order valence-electron chi connectivity index (χ2n) is 5.96. The Morgan fingerprint density at radius 2 is 2.08 bits per heavy atom. The Bertz CT molecular complexity index is 1080. The summed E-state index contributed by atoms with van der Waals surface area (Å²) in [5.74, 6) is -0.173. The largest absolute Gasteiger partial charge is 0.345 e. The average Bonchev–Trinajstić information content (AvgIpc) is 3.28. The van der Waals surface area contributed by atoms with Crippen LogP contribution in [0.3, 0.4) is 0 Å². The van der Waals surface area contributed by atoms with Crippen molar-refractivity contribution in [2.45, 2.75) is 6.04 Å². The summed E-state index contributed by atoms with van der Waals surface area (Å²) < 4.78 is 16.1. The van der Waals surface area contributed by atoms with E-state index in [1.807, 2.05) is 0 Å². The first-order valence-electron chi connectivity index (χ1n) is 8.09. The Morgan fingerprint density at radius 1 is 1.23 bits per heavy atom. The molecular weight excluding hydrogens is 333 g/mol. The van der Waals surface area contributed by atoms with Gasteiger partial charge in [0.05, 0.1) is 17.4 Å². The number of halogens is 1. The predicted molar refractivity (Wildman–Crippen MR) is 95.0 cm³/mol. The van der Waals surface area contributed by atoms with Gasteiger partial charge in [0, 0.05) is 30.6 Å². The molecule has 2 aromatic heterocycles. The topological polar surface area (TPSA) is 75.6 Å². The van der Waals surface area contributed by atoms with E-state index in [1.54, 1.807) is 66.7 Å². The highest BCUT2D eigenvalue weighted by Crippen LogP contribution is 2.24. The van der Waals surface area contributed by atoms with E-state index in [-0.39, 0.29) is 5.91 Å². The third-order valence-corrected chi connectivity index (χ3v) is 4.29. The molecule has 4 aromatic rings. The number of hydrogen-bond acceptors (Lipinski definition) is 3. The Balaban J connectivity index is 1.71. The van der Waals surface area contributed by atoms with E-state index in [4.69, 9.17) is 0 Å². The molecule has 0 spiro atoms. The number of aromatic amines is 1. The van der Waals surface area contributed by atoms with Gasteiger partial charge in [-0.15, -0.1) is 0 Å². The molecule has 4 rings (SSSR count). The van der Waals surface area contributed by atoms with Crippen LogP contribution in [0.15, 0.2) is 61.2 Å². The molecule has 2 heterocycles. The van der Waals surface area contributed by atoms with E-state index in [2.05, 4.69) is 20.3 Å². The zero-order chi connectivity index (χ0) is 18.1. The average molecular weight is 349 g/mol. The first-order chi connectivity index (χ1) is 12.6. The van der Waals surface area contributed by atoms with Crippen molar-refractivity contribution in [3.05, 3.63) is 84.0 Å². The smallest absolute Gasteiger partial charge is 0.252 e. The van der Waals surface area contributed by atoms with Crippen LogP contribution in [-0.4, -0.2) is 25.4 Å². The number of fused-ring (bicyclic) bond motifs is 1. The molecule has 1 atom stereocenters. The van der Waals surface area contributed by atoms with Crippen LogP contribution in [0.4, 0.5) is 4.39 Å². The zero-order valence-corrected chi connectivity index (χ0v) is 14.0. The van der Waals surface area contributed by atoms with Crippen molar-refractivity contribution < 1.29 is 9.18 Å². The van der Waals surface area contributed by atoms with Gasteiger partial charge in [0.1, 0.15) is 17.7 Å². The lowest BCUT2D eigenvalue weighted by molar-refractivity contribution is 0.0941. The Hall–Kier alpha value is -3.48. The van der Waals surface area contributed by atoms with Gasteiger partial charge in [-0.05, 0) is 24.3 Å². The Labute approximate surface area is 148 Å². The van der Waals surface area contributed by atoms with Crippen molar-refractivity contribution in [3.8, 4) is 0 Å². The van der Waals surface area contributed by atoms with Crippen molar-refractivity contribution in [2.24, 2.45) is 7.05 Å². The number of amides is 1. The normalized spacial score (nSPS) is 12.2. The molecule has 26 heavy (non-hydrogen) atoms. The molecule has 0 aliphatic carbocycles. The molecule has 0 unspecified atom stereocenters. The highest BCUT2D eigenvalue weighted by Gasteiger charge is 2.24. The zero-order valence-electron chi connectivity index (χ0n) is 14.0. The maximum atomic E-state index is 14.4. The minimum Gasteiger partial charge on any atom is -0.345 e. The van der Waals surface area contributed by atoms with E-state index in [1.165, 1.54) is 6.07 Å². The van der Waals surface area contributed by atoms with E-state index >= 15 is 0 Å². The third kappa shape index (κ3) is 2.83. The van der Waals surface area contributed by atoms with Gasteiger partial charge in [-0.25, -0.2) is 14.4 Å². The van der Waals surface area contributed by atoms with Gasteiger partial charge in [-0.2, -0.15) is 0 Å². The molecule has 0 radical (unpaired) electrons. The van der Waals surface area contributed by atoms with Crippen molar-refractivity contribution >= 4 is 16.9 Å². The van der Waals surface area contributed by atoms with Crippen molar-refractivity contribution in [1.82, 2.24) is 24.8 Å². The quantitative estimate of drug-likeness (QED) is 0.595. The van der Waals surface area contributed by atoms with Crippen molar-refractivity contribution in [3.63, 3.8) is 0 Å². The first-order valence-corrected chi connectivity index (χ1v) is 8.09. The minimum absolute atomic E-state index is 0.322. The number of H-pyrrole nitrogens is 1. The van der Waals surface area contributed by atoms with Crippen molar-refractivity contribution in [1.29, 1.82) is 0 Å². The maximum absolute atomic E-state index is 14.4. The number of rotatable bonds is 4. The summed E-state index contributed by atoms with van der Waals surface area (Å²) in [6.45, 7) is 0. The first kappa shape index (κ1) is 16.0. The number of aryl methyl sites for hydroxylation is 1. The lowest BCUT2D eigenvalue weighted by atomic mass is 10.0. The molecule has 0 aliphatic rings. The molecule has 0 bridgehead atoms. The second kappa shape index (κ2) is 6.44. The minimum atomic E-state index is -0.707. The summed E-state index contributed by atoms with van der Waals surface area (Å²) in [6, 6.07) is 10.8. The molecule has 130 valence electrons. The fourth-order valence-corrected chi connectivity index (χ4v) is 2.94. The Kier molecular flexibility index (Phi) is 3.96. The van der Waals surface area contributed by atoms with E-state index in [0.29, 0.717) is 17.0 Å². The van der Waals surface area contributed by atoms with Gasteiger partial charge in [0.15, 0.2) is 0 Å². The molecule has 1 amide bonds. The molecule has 7 heteroatoms. The molecule has 0 fully saturated rings. The molecule has 0 saturated heterocycles. The number of imidazole rings is 2. The number of nitrogens with zero attached hydrogens (tertiary/aromatic N) is 3. The van der Waals surface area contributed by atoms with Crippen LogP contribution in [0.1, 0.15) is 27.8 Å². The number of aromatic nitrogens is 4. The lowest BCUT2D eigenvalue weighted by Crippen LogP contribution is -2.31. The number of benzene rings is 2. The SMILES string of the molecule is Cn1ccnc1[C@@H](NC(=O)c1ccc2nc[nH]c2c1)c1ccccc1F. The molecule has 0 saturated carbocycles. The van der Waals surface area contributed by atoms with Crippen LogP contribution in [0, 0.1) is 5.82 Å². The van der Waals surface area contributed by atoms with Crippen LogP contribution in [-0.2, 0) is 7.05 Å². The van der Waals surface area contributed by atoms with Crippen LogP contribution < -0.4 is 5.32 Å². The summed E-state index contributed by atoms with van der Waals surface area (Å²) in [4.78, 5) is 24.2. The number of hydrogen-bond donors (Lipinski definition) is 2. The number of carbonyl (C=O) groups is 1. The highest BCUT2D eigenvalue weighted by atomic mass is 19.1. The van der Waals surface area contributed by atoms with Gasteiger partial charge in [-0.3, -0.25) is 4.79 Å². The summed E-state index contributed by atoms with van der Waals surface area (Å²) >= 11 is 0. The second-order valence-corrected chi connectivity index (χ2v) is 5.96. The fourth-order valence-electron chi connectivity index (χ4n) is 2.94. The van der Waals surface area contributed by atoms with Gasteiger partial charge in [0.25, 0.3) is 5.91 Å². The molecule has 6 nitrogen and oxygen atoms in total. The van der Waals surface area contributed by atoms with Crippen LogP contribution in [0.2, 0.25) is 0 Å². The summed E-state index contributed by atoms with van der Waals surface area (Å²) in [5.41, 5.74) is 2.35. The number of carbonyl (C=O) groups excluding carboxylic acids is 1. The van der Waals surface area contributed by atoms with Gasteiger partial charge in [-0.1, -0.05) is 18.2 Å². The number of nitrogens with one attached hydrogen (secondary N) is 2. The molecule has 2 aromatic carbocycles. The monoisotopic (exact) mass is 349 g/mol. The summed E-state index contributed by atoms with van der Waals surface area (Å²) in [7, 11) is 1.80. The lowest BCUT2D eigenvalue weighted by Gasteiger charge is -2.19. The molecule has 0 aliphatic heterocycles. The molecule has 2 N–H and O–H groups in total. The Morgan fingerprint density at radius 3 is 2.85 bits per heavy atom. The predicted octanol–water partition coefficient (Wildman–Crippen LogP) is 2.95. The highest BCUT2D eigenvalue weighted by molar-refractivity contribution is 5.97. The standard InChI is InChI=1S/C19H16FN5O/c1-25-9-8-21-18(25)17(13-4-2-3-5-14(13)20)24-19(26)12-6-7-15-16(10-12)23-11-22-15/h2-11,17H,1H3,(H,22,23)(H,24,26)/t17-/m0/s1. The van der Waals surface area contributed by atoms with E-state index in [0.717, 1.165) is 11.0 Å². The van der Waals surface area contributed by atoms with Crippen LogP contribution in [0.25, 0.3) is 11.0 Å². The van der Waals surface area contributed by atoms with E-state index < -0.39 is 11.9 Å². The summed E-state index contributed by atoms with van der Waals surface area (Å²) in [6.07, 6.45) is 4.94. The van der Waals surface area contributed by atoms with Gasteiger partial charge >= 0.3 is 0 Å². The molecular formula is C19H16FN5O. The summed E-state index contributed by atoms with van der Waals surface area (Å²) in [5, 5.41) is 2.89. The maximum Gasteiger partial charge on any atom is 0.252 e. The van der Waals surface area contributed by atoms with Crippen LogP contribution >= 0.6 is 0 Å².